The van der Waals surface area contributed by atoms with E-state index in [1.54, 1.807) is 4.90 Å². The molecule has 1 amide bonds. The van der Waals surface area contributed by atoms with Crippen LogP contribution in [0, 0.1) is 11.6 Å². The normalized spacial score (nSPS) is 14.4. The highest BCUT2D eigenvalue weighted by molar-refractivity contribution is 7.90. The van der Waals surface area contributed by atoms with Gasteiger partial charge >= 0.3 is 5.69 Å². The van der Waals surface area contributed by atoms with Crippen LogP contribution in [0.25, 0.3) is 28.0 Å². The Hall–Kier alpha value is -4.50. The second-order valence-electron chi connectivity index (χ2n) is 9.34. The van der Waals surface area contributed by atoms with Gasteiger partial charge in [0.1, 0.15) is 23.1 Å². The first-order valence-electron chi connectivity index (χ1n) is 12.2. The number of carbonyl (C=O) groups excluding carboxylic acids is 1. The zero-order chi connectivity index (χ0) is 29.6. The second-order valence-corrected chi connectivity index (χ2v) is 13.7. The number of aromatic nitrogens is 4. The van der Waals surface area contributed by atoms with Crippen LogP contribution in [-0.4, -0.2) is 78.3 Å². The number of hydrogen-bond donors (Lipinski definition) is 1. The fourth-order valence-electron chi connectivity index (χ4n) is 4.76. The maximum Gasteiger partial charge on any atom is 0.355 e. The molecule has 0 aliphatic carbocycles. The first-order chi connectivity index (χ1) is 19.4. The second kappa shape index (κ2) is 10.5. The molecule has 211 valence electrons. The Balaban J connectivity index is 1.83. The van der Waals surface area contributed by atoms with Gasteiger partial charge in [0.05, 0.1) is 27.7 Å². The fourth-order valence-corrected chi connectivity index (χ4v) is 7.64. The van der Waals surface area contributed by atoms with Gasteiger partial charge in [-0.05, 0) is 30.3 Å². The molecule has 1 saturated heterocycles. The summed E-state index contributed by atoms with van der Waals surface area (Å²) in [5.74, 6) is -2.71. The summed E-state index contributed by atoms with van der Waals surface area (Å²) in [4.78, 5) is 39.7. The van der Waals surface area contributed by atoms with Crippen molar-refractivity contribution in [2.45, 2.75) is 11.4 Å². The van der Waals surface area contributed by atoms with Crippen molar-refractivity contribution < 1.29 is 27.1 Å². The van der Waals surface area contributed by atoms with Gasteiger partial charge in [-0.15, -0.1) is 0 Å². The van der Waals surface area contributed by atoms with Crippen LogP contribution in [0.1, 0.15) is 0 Å². The molecule has 1 N–H and O–H groups in total. The van der Waals surface area contributed by atoms with E-state index in [1.807, 2.05) is 11.1 Å². The Morgan fingerprint density at radius 1 is 1.17 bits per heavy atom. The number of carbonyl (C=O) groups is 1. The van der Waals surface area contributed by atoms with Gasteiger partial charge in [-0.3, -0.25) is 9.78 Å². The highest BCUT2D eigenvalue weighted by Crippen LogP contribution is 2.36. The smallest absolute Gasteiger partial charge is 0.355 e. The minimum absolute atomic E-state index is 0.0397. The lowest BCUT2D eigenvalue weighted by atomic mass is 10.1. The zero-order valence-electron chi connectivity index (χ0n) is 21.9. The summed E-state index contributed by atoms with van der Waals surface area (Å²) < 4.78 is 58.4. The van der Waals surface area contributed by atoms with E-state index in [1.165, 1.54) is 24.4 Å². The van der Waals surface area contributed by atoms with E-state index in [2.05, 4.69) is 21.5 Å². The SMILES string of the molecule is C=CC(=O)N1CCN(c2nc(=O)n(-c3cnccc3S(C)(=O)=O)c3nc(-c4c(O)cccc4F)c(F)cc23)[Si](C)C1. The third-order valence-corrected chi connectivity index (χ3v) is 9.99. The minimum Gasteiger partial charge on any atom is -0.507 e. The number of hydrogen-bond acceptors (Lipinski definition) is 9. The molecular formula is C26H23F2N6O5SSi. The molecule has 41 heavy (non-hydrogen) atoms. The van der Waals surface area contributed by atoms with E-state index < -0.39 is 53.1 Å². The van der Waals surface area contributed by atoms with E-state index in [9.17, 15) is 27.5 Å². The number of benzene rings is 1. The van der Waals surface area contributed by atoms with Crippen LogP contribution in [0.5, 0.6) is 5.75 Å². The number of anilines is 1. The first-order valence-corrected chi connectivity index (χ1v) is 16.2. The van der Waals surface area contributed by atoms with Crippen LogP contribution in [-0.2, 0) is 14.6 Å². The number of nitrogens with zero attached hydrogens (tertiary/aromatic N) is 6. The molecule has 0 saturated carbocycles. The monoisotopic (exact) mass is 597 g/mol. The van der Waals surface area contributed by atoms with Gasteiger partial charge < -0.3 is 14.6 Å². The Morgan fingerprint density at radius 3 is 2.59 bits per heavy atom. The third kappa shape index (κ3) is 4.97. The quantitative estimate of drug-likeness (QED) is 0.271. The van der Waals surface area contributed by atoms with Crippen LogP contribution >= 0.6 is 0 Å². The Labute approximate surface area is 234 Å². The van der Waals surface area contributed by atoms with Crippen molar-refractivity contribution in [3.05, 3.63) is 77.5 Å². The van der Waals surface area contributed by atoms with Crippen LogP contribution in [0.2, 0.25) is 6.55 Å². The summed E-state index contributed by atoms with van der Waals surface area (Å²) in [7, 11) is -5.45. The maximum atomic E-state index is 15.7. The van der Waals surface area contributed by atoms with Crippen molar-refractivity contribution in [1.82, 2.24) is 24.4 Å². The van der Waals surface area contributed by atoms with Crippen molar-refractivity contribution in [2.75, 3.05) is 30.1 Å². The number of fused-ring (bicyclic) bond motifs is 1. The first kappa shape index (κ1) is 28.0. The lowest BCUT2D eigenvalue weighted by Gasteiger charge is -2.39. The van der Waals surface area contributed by atoms with Gasteiger partial charge in [-0.25, -0.2) is 31.5 Å². The molecule has 4 heterocycles. The van der Waals surface area contributed by atoms with Crippen LogP contribution in [0.4, 0.5) is 14.6 Å². The molecule has 4 aromatic rings. The van der Waals surface area contributed by atoms with Crippen molar-refractivity contribution in [1.29, 1.82) is 0 Å². The number of phenolic OH excluding ortho intramolecular Hbond substituents is 1. The molecule has 11 nitrogen and oxygen atoms in total. The minimum atomic E-state index is -3.89. The molecule has 5 rings (SSSR count). The van der Waals surface area contributed by atoms with E-state index >= 15 is 4.39 Å². The number of sulfone groups is 1. The third-order valence-electron chi connectivity index (χ3n) is 6.65. The molecule has 1 fully saturated rings. The number of phenols is 1. The standard InChI is InChI=1S/C26H23F2N6O5SSi/c1-4-21(36)32-10-11-33(41(3)14-32)24-15-12-17(28)23(22-16(27)6-5-7-19(22)35)30-25(15)34(26(37)31-24)18-13-29-9-8-20(18)40(2,38)39/h4-9,12-13,35H,1,10-11,14H2,2-3H3. The largest absolute Gasteiger partial charge is 0.507 e. The molecule has 1 aliphatic heterocycles. The number of amides is 1. The summed E-state index contributed by atoms with van der Waals surface area (Å²) >= 11 is 0. The number of pyridine rings is 2. The van der Waals surface area contributed by atoms with Crippen molar-refractivity contribution in [2.24, 2.45) is 0 Å². The maximum absolute atomic E-state index is 15.7. The summed E-state index contributed by atoms with van der Waals surface area (Å²) in [6, 6.07) is 5.64. The predicted octanol–water partition coefficient (Wildman–Crippen LogP) is 2.23. The van der Waals surface area contributed by atoms with Crippen molar-refractivity contribution >= 4 is 41.6 Å². The zero-order valence-corrected chi connectivity index (χ0v) is 23.7. The molecule has 1 radical (unpaired) electrons. The van der Waals surface area contributed by atoms with Crippen LogP contribution in [0.3, 0.4) is 0 Å². The van der Waals surface area contributed by atoms with Gasteiger partial charge in [0.2, 0.25) is 5.91 Å². The van der Waals surface area contributed by atoms with E-state index in [0.29, 0.717) is 6.17 Å². The van der Waals surface area contributed by atoms with E-state index in [-0.39, 0.29) is 46.4 Å². The number of rotatable bonds is 5. The molecule has 0 spiro atoms. The average molecular weight is 598 g/mol. The summed E-state index contributed by atoms with van der Waals surface area (Å²) in [5.41, 5.74) is -2.47. The van der Waals surface area contributed by atoms with E-state index in [4.69, 9.17) is 0 Å². The average Bonchev–Trinajstić information content (AvgIpc) is 2.92. The summed E-state index contributed by atoms with van der Waals surface area (Å²) in [6.07, 6.45) is 4.90. The van der Waals surface area contributed by atoms with Gasteiger partial charge in [0.25, 0.3) is 0 Å². The summed E-state index contributed by atoms with van der Waals surface area (Å²) in [6.45, 7) is 5.97. The van der Waals surface area contributed by atoms with Gasteiger partial charge in [0.15, 0.2) is 30.3 Å². The molecule has 0 unspecified atom stereocenters. The number of halogens is 2. The van der Waals surface area contributed by atoms with Crippen LogP contribution < -0.4 is 10.3 Å². The molecule has 15 heteroatoms. The molecular weight excluding hydrogens is 574 g/mol. The van der Waals surface area contributed by atoms with Gasteiger partial charge in [0, 0.05) is 31.7 Å². The van der Waals surface area contributed by atoms with Gasteiger partial charge in [-0.2, -0.15) is 4.98 Å². The molecule has 1 aliphatic rings. The Bertz CT molecular complexity index is 1880. The van der Waals surface area contributed by atoms with E-state index in [0.717, 1.165) is 35.2 Å². The Morgan fingerprint density at radius 2 is 1.93 bits per heavy atom. The van der Waals surface area contributed by atoms with Crippen molar-refractivity contribution in [3.63, 3.8) is 0 Å². The van der Waals surface area contributed by atoms with Gasteiger partial charge in [-0.1, -0.05) is 19.2 Å². The molecule has 0 atom stereocenters. The molecule has 0 bridgehead atoms. The van der Waals surface area contributed by atoms with Crippen LogP contribution in [0.15, 0.2) is 65.1 Å². The number of aromatic hydroxyl groups is 1. The fraction of sp³-hybridized carbons (Fsp3) is 0.192. The lowest BCUT2D eigenvalue weighted by Crippen LogP contribution is -2.57. The molecule has 1 aromatic carbocycles. The highest BCUT2D eigenvalue weighted by atomic mass is 32.2. The predicted molar refractivity (Wildman–Crippen MR) is 149 cm³/mol. The molecule has 3 aromatic heterocycles. The van der Waals surface area contributed by atoms with Crippen molar-refractivity contribution in [3.8, 4) is 22.7 Å². The highest BCUT2D eigenvalue weighted by Gasteiger charge is 2.32. The Kier molecular flexibility index (Phi) is 7.17. The summed E-state index contributed by atoms with van der Waals surface area (Å²) in [5, 5.41) is 10.4. The lowest BCUT2D eigenvalue weighted by molar-refractivity contribution is -0.125. The topological polar surface area (TPSA) is 139 Å².